The van der Waals surface area contributed by atoms with E-state index in [1.54, 1.807) is 0 Å². The van der Waals surface area contributed by atoms with Crippen LogP contribution < -0.4 is 0 Å². The van der Waals surface area contributed by atoms with Gasteiger partial charge in [-0.25, -0.2) is 15.0 Å². The summed E-state index contributed by atoms with van der Waals surface area (Å²) >= 11 is 0. The Kier molecular flexibility index (Phi) is 8.79. The maximum absolute atomic E-state index is 5.38. The molecule has 63 heavy (non-hydrogen) atoms. The van der Waals surface area contributed by atoms with Crippen molar-refractivity contribution in [2.75, 3.05) is 0 Å². The van der Waals surface area contributed by atoms with Crippen molar-refractivity contribution < 1.29 is 0 Å². The predicted octanol–water partition coefficient (Wildman–Crippen LogP) is 15.3. The molecule has 0 saturated heterocycles. The van der Waals surface area contributed by atoms with Crippen LogP contribution in [-0.2, 0) is 0 Å². The first-order valence-corrected chi connectivity index (χ1v) is 21.4. The highest BCUT2D eigenvalue weighted by molar-refractivity contribution is 6.14. The highest BCUT2D eigenvalue weighted by Crippen LogP contribution is 2.45. The minimum Gasteiger partial charge on any atom is -0.308 e. The van der Waals surface area contributed by atoms with E-state index in [9.17, 15) is 0 Å². The van der Waals surface area contributed by atoms with Crippen molar-refractivity contribution in [2.45, 2.75) is 0 Å². The molecule has 0 aliphatic rings. The van der Waals surface area contributed by atoms with Crippen molar-refractivity contribution >= 4 is 43.4 Å². The van der Waals surface area contributed by atoms with Gasteiger partial charge in [0.1, 0.15) is 0 Å². The van der Waals surface area contributed by atoms with E-state index in [0.717, 1.165) is 77.6 Å². The van der Waals surface area contributed by atoms with Crippen LogP contribution in [0.5, 0.6) is 0 Å². The van der Waals surface area contributed by atoms with Gasteiger partial charge in [0.2, 0.25) is 0 Å². The van der Waals surface area contributed by atoms with Crippen LogP contribution in [0.3, 0.4) is 0 Å². The Labute approximate surface area is 365 Å². The molecule has 2 heterocycles. The van der Waals surface area contributed by atoms with E-state index in [4.69, 9.17) is 15.0 Å². The SMILES string of the molecule is c1ccc(-c2cccc(-c3cc(-c4nc(-c5ccccc5)nc(-c5cccc6ccccc56)n4)cc(-c4ccccc4)c3-n3c4ccccc4c4cc5ccccc5cc43)c2)cc1. The normalized spacial score (nSPS) is 11.5. The average Bonchev–Trinajstić information content (AvgIpc) is 3.68. The standard InChI is InChI=1S/C59H38N4/c1-4-18-39(19-5-1)43-28-16-29-46(34-43)52-37-47(58-60-57(42-23-8-3-9-24-42)61-59(62-58)50-32-17-27-40-22-12-13-30-48(40)50)36-51(41-20-6-2-7-21-41)56(52)63-54-33-15-14-31-49(54)53-35-44-25-10-11-26-45(44)38-55(53)63/h1-38H. The summed E-state index contributed by atoms with van der Waals surface area (Å²) in [6, 6.07) is 82.0. The Hall–Kier alpha value is -8.47. The Balaban J connectivity index is 1.21. The molecule has 0 atom stereocenters. The summed E-state index contributed by atoms with van der Waals surface area (Å²) in [7, 11) is 0. The van der Waals surface area contributed by atoms with Crippen molar-refractivity contribution in [1.29, 1.82) is 0 Å². The van der Waals surface area contributed by atoms with Crippen LogP contribution in [0.25, 0.3) is 117 Å². The zero-order valence-electron chi connectivity index (χ0n) is 34.2. The maximum Gasteiger partial charge on any atom is 0.164 e. The third-order valence-corrected chi connectivity index (χ3v) is 12.2. The molecule has 0 aliphatic carbocycles. The number of aromatic nitrogens is 4. The van der Waals surface area contributed by atoms with Crippen molar-refractivity contribution in [3.8, 4) is 73.2 Å². The third-order valence-electron chi connectivity index (χ3n) is 12.2. The van der Waals surface area contributed by atoms with Crippen LogP contribution in [0.15, 0.2) is 231 Å². The minimum atomic E-state index is 0.601. The van der Waals surface area contributed by atoms with Crippen LogP contribution >= 0.6 is 0 Å². The van der Waals surface area contributed by atoms with Gasteiger partial charge in [-0.15, -0.1) is 0 Å². The smallest absolute Gasteiger partial charge is 0.164 e. The van der Waals surface area contributed by atoms with E-state index >= 15 is 0 Å². The van der Waals surface area contributed by atoms with Gasteiger partial charge in [-0.1, -0.05) is 194 Å². The number of hydrogen-bond donors (Lipinski definition) is 0. The van der Waals surface area contributed by atoms with Gasteiger partial charge in [-0.3, -0.25) is 0 Å². The lowest BCUT2D eigenvalue weighted by Gasteiger charge is -2.21. The summed E-state index contributed by atoms with van der Waals surface area (Å²) < 4.78 is 2.48. The van der Waals surface area contributed by atoms with Crippen LogP contribution in [0.4, 0.5) is 0 Å². The summed E-state index contributed by atoms with van der Waals surface area (Å²) in [6.45, 7) is 0. The van der Waals surface area contributed by atoms with Crippen LogP contribution in [0.2, 0.25) is 0 Å². The molecule has 2 aromatic heterocycles. The molecular weight excluding hydrogens is 765 g/mol. The van der Waals surface area contributed by atoms with E-state index in [1.165, 1.54) is 21.5 Å². The molecule has 12 rings (SSSR count). The zero-order chi connectivity index (χ0) is 41.7. The summed E-state index contributed by atoms with van der Waals surface area (Å²) in [5.41, 5.74) is 12.8. The van der Waals surface area contributed by atoms with Crippen LogP contribution in [-0.4, -0.2) is 19.5 Å². The molecule has 10 aromatic carbocycles. The van der Waals surface area contributed by atoms with E-state index in [0.29, 0.717) is 17.5 Å². The largest absolute Gasteiger partial charge is 0.308 e. The highest BCUT2D eigenvalue weighted by atomic mass is 15.0. The van der Waals surface area contributed by atoms with E-state index < -0.39 is 0 Å². The molecule has 0 saturated carbocycles. The van der Waals surface area contributed by atoms with Gasteiger partial charge in [0.15, 0.2) is 17.5 Å². The van der Waals surface area contributed by atoms with Gasteiger partial charge in [0.25, 0.3) is 0 Å². The summed E-state index contributed by atoms with van der Waals surface area (Å²) in [4.78, 5) is 15.9. The van der Waals surface area contributed by atoms with E-state index in [-0.39, 0.29) is 0 Å². The first-order chi connectivity index (χ1) is 31.2. The molecular formula is C59H38N4. The molecule has 0 amide bonds. The lowest BCUT2D eigenvalue weighted by molar-refractivity contribution is 1.08. The number of benzene rings is 10. The van der Waals surface area contributed by atoms with E-state index in [1.807, 2.05) is 18.2 Å². The third kappa shape index (κ3) is 6.44. The van der Waals surface area contributed by atoms with Crippen molar-refractivity contribution in [3.63, 3.8) is 0 Å². The fourth-order valence-electron chi connectivity index (χ4n) is 9.22. The van der Waals surface area contributed by atoms with Gasteiger partial charge < -0.3 is 4.57 Å². The minimum absolute atomic E-state index is 0.601. The molecule has 4 nitrogen and oxygen atoms in total. The summed E-state index contributed by atoms with van der Waals surface area (Å²) in [5.74, 6) is 1.85. The summed E-state index contributed by atoms with van der Waals surface area (Å²) in [6.07, 6.45) is 0. The monoisotopic (exact) mass is 802 g/mol. The van der Waals surface area contributed by atoms with Gasteiger partial charge >= 0.3 is 0 Å². The van der Waals surface area contributed by atoms with Crippen LogP contribution in [0.1, 0.15) is 0 Å². The summed E-state index contributed by atoms with van der Waals surface area (Å²) in [5, 5.41) is 7.05. The molecule has 0 unspecified atom stereocenters. The molecule has 0 radical (unpaired) electrons. The Morgan fingerprint density at radius 1 is 0.254 bits per heavy atom. The first-order valence-electron chi connectivity index (χ1n) is 21.4. The van der Waals surface area contributed by atoms with Gasteiger partial charge in [-0.2, -0.15) is 0 Å². The molecule has 4 heteroatoms. The molecule has 0 N–H and O–H groups in total. The quantitative estimate of drug-likeness (QED) is 0.161. The Bertz CT molecular complexity index is 3660. The Morgan fingerprint density at radius 3 is 1.51 bits per heavy atom. The van der Waals surface area contributed by atoms with Crippen molar-refractivity contribution in [2.24, 2.45) is 0 Å². The molecule has 12 aromatic rings. The van der Waals surface area contributed by atoms with Gasteiger partial charge in [0.05, 0.1) is 16.7 Å². The second kappa shape index (κ2) is 15.2. The Morgan fingerprint density at radius 2 is 0.762 bits per heavy atom. The lowest BCUT2D eigenvalue weighted by atomic mass is 9.91. The second-order valence-corrected chi connectivity index (χ2v) is 16.0. The average molecular weight is 803 g/mol. The number of fused-ring (bicyclic) bond motifs is 5. The van der Waals surface area contributed by atoms with Gasteiger partial charge in [0, 0.05) is 38.6 Å². The first kappa shape index (κ1) is 36.4. The molecule has 0 spiro atoms. The molecule has 0 aliphatic heterocycles. The molecule has 0 fully saturated rings. The fourth-order valence-corrected chi connectivity index (χ4v) is 9.22. The number of para-hydroxylation sites is 1. The van der Waals surface area contributed by atoms with Gasteiger partial charge in [-0.05, 0) is 80.2 Å². The number of rotatable bonds is 7. The topological polar surface area (TPSA) is 43.6 Å². The van der Waals surface area contributed by atoms with Crippen molar-refractivity contribution in [1.82, 2.24) is 19.5 Å². The van der Waals surface area contributed by atoms with Crippen molar-refractivity contribution in [3.05, 3.63) is 231 Å². The molecule has 294 valence electrons. The number of nitrogens with zero attached hydrogens (tertiary/aromatic N) is 4. The number of hydrogen-bond acceptors (Lipinski definition) is 3. The lowest BCUT2D eigenvalue weighted by Crippen LogP contribution is -2.04. The second-order valence-electron chi connectivity index (χ2n) is 16.0. The fraction of sp³-hybridized carbons (Fsp3) is 0. The van der Waals surface area contributed by atoms with Crippen LogP contribution in [0, 0.1) is 0 Å². The zero-order valence-corrected chi connectivity index (χ0v) is 34.2. The predicted molar refractivity (Wildman–Crippen MR) is 262 cm³/mol. The molecule has 0 bridgehead atoms. The highest BCUT2D eigenvalue weighted by Gasteiger charge is 2.24. The van der Waals surface area contributed by atoms with E-state index in [2.05, 4.69) is 217 Å². The maximum atomic E-state index is 5.38.